The van der Waals surface area contributed by atoms with Crippen LogP contribution in [0.25, 0.3) is 0 Å². The number of aromatic nitrogens is 5. The highest BCUT2D eigenvalue weighted by molar-refractivity contribution is 7.99. The molecule has 192 valence electrons. The van der Waals surface area contributed by atoms with Gasteiger partial charge in [0.1, 0.15) is 0 Å². The van der Waals surface area contributed by atoms with Crippen molar-refractivity contribution in [1.82, 2.24) is 35.4 Å². The summed E-state index contributed by atoms with van der Waals surface area (Å²) in [5, 5.41) is 16.8. The smallest absolute Gasteiger partial charge is 0.319 e. The topological polar surface area (TPSA) is 127 Å². The van der Waals surface area contributed by atoms with Gasteiger partial charge in [0, 0.05) is 60.5 Å². The largest absolute Gasteiger partial charge is 0.338 e. The van der Waals surface area contributed by atoms with Crippen molar-refractivity contribution in [1.29, 1.82) is 0 Å². The number of hydrogen-bond donors (Lipinski definition) is 4. The molecular weight excluding hydrogens is 476 g/mol. The zero-order valence-corrected chi connectivity index (χ0v) is 22.2. The number of carbonyl (C=O) groups is 1. The number of carbonyl (C=O) groups excluding carboxylic acids is 1. The summed E-state index contributed by atoms with van der Waals surface area (Å²) in [4.78, 5) is 31.3. The Balaban J connectivity index is 1.55. The van der Waals surface area contributed by atoms with Gasteiger partial charge in [-0.25, -0.2) is 4.79 Å². The average Bonchev–Trinajstić information content (AvgIpc) is 3.30. The molecule has 1 fully saturated rings. The highest BCUT2D eigenvalue weighted by atomic mass is 32.2. The van der Waals surface area contributed by atoms with Gasteiger partial charge in [-0.3, -0.25) is 5.10 Å². The molecule has 12 heteroatoms. The minimum Gasteiger partial charge on any atom is -0.338 e. The van der Waals surface area contributed by atoms with Crippen LogP contribution in [0.5, 0.6) is 0 Å². The number of H-pyrrole nitrogens is 1. The molecule has 4 N–H and O–H groups in total. The minimum atomic E-state index is -0.226. The quantitative estimate of drug-likeness (QED) is 0.376. The monoisotopic (exact) mass is 510 g/mol. The number of nitrogens with zero attached hydrogens (tertiary/aromatic N) is 6. The molecule has 2 amide bonds. The molecule has 2 aromatic heterocycles. The predicted molar refractivity (Wildman–Crippen MR) is 143 cm³/mol. The summed E-state index contributed by atoms with van der Waals surface area (Å²) in [6, 6.07) is 9.33. The third-order valence-corrected chi connectivity index (χ3v) is 6.55. The summed E-state index contributed by atoms with van der Waals surface area (Å²) in [6.07, 6.45) is 0. The van der Waals surface area contributed by atoms with E-state index >= 15 is 0 Å². The molecule has 0 atom stereocenters. The van der Waals surface area contributed by atoms with E-state index in [1.165, 1.54) is 11.8 Å². The van der Waals surface area contributed by atoms with Gasteiger partial charge >= 0.3 is 6.03 Å². The van der Waals surface area contributed by atoms with E-state index in [4.69, 9.17) is 9.97 Å². The van der Waals surface area contributed by atoms with Crippen LogP contribution in [-0.4, -0.2) is 75.9 Å². The molecule has 0 radical (unpaired) electrons. The first-order valence-corrected chi connectivity index (χ1v) is 12.9. The molecule has 1 aliphatic rings. The Morgan fingerprint density at radius 2 is 1.81 bits per heavy atom. The molecule has 3 aromatic rings. The second-order valence-electron chi connectivity index (χ2n) is 9.68. The summed E-state index contributed by atoms with van der Waals surface area (Å²) in [6.45, 7) is 12.4. The zero-order valence-electron chi connectivity index (χ0n) is 21.4. The summed E-state index contributed by atoms with van der Waals surface area (Å²) >= 11 is 1.44. The molecule has 4 rings (SSSR count). The van der Waals surface area contributed by atoms with Crippen LogP contribution in [0.4, 0.5) is 28.2 Å². The Morgan fingerprint density at radius 1 is 1.08 bits per heavy atom. The van der Waals surface area contributed by atoms with E-state index in [-0.39, 0.29) is 11.4 Å². The molecule has 0 spiro atoms. The molecule has 0 unspecified atom stereocenters. The summed E-state index contributed by atoms with van der Waals surface area (Å²) in [5.74, 6) is 1.75. The van der Waals surface area contributed by atoms with E-state index in [1.54, 1.807) is 0 Å². The average molecular weight is 511 g/mol. The molecule has 3 heterocycles. The number of rotatable bonds is 7. The Hall–Kier alpha value is -3.38. The van der Waals surface area contributed by atoms with Crippen LogP contribution in [0.1, 0.15) is 33.4 Å². The summed E-state index contributed by atoms with van der Waals surface area (Å²) < 4.78 is 0. The fraction of sp³-hybridized carbons (Fsp3) is 0.458. The van der Waals surface area contributed by atoms with Crippen molar-refractivity contribution in [2.45, 2.75) is 43.2 Å². The number of urea groups is 1. The minimum absolute atomic E-state index is 0.0454. The number of amides is 2. The number of aromatic amines is 1. The Labute approximate surface area is 215 Å². The predicted octanol–water partition coefficient (Wildman–Crippen LogP) is 3.68. The fourth-order valence-corrected chi connectivity index (χ4v) is 4.27. The molecule has 1 aliphatic heterocycles. The van der Waals surface area contributed by atoms with Crippen molar-refractivity contribution in [3.8, 4) is 0 Å². The van der Waals surface area contributed by atoms with Crippen molar-refractivity contribution in [3.05, 3.63) is 36.0 Å². The maximum atomic E-state index is 11.8. The van der Waals surface area contributed by atoms with Gasteiger partial charge in [-0.05, 0) is 50.0 Å². The van der Waals surface area contributed by atoms with E-state index in [1.807, 2.05) is 37.3 Å². The molecule has 0 saturated carbocycles. The lowest BCUT2D eigenvalue weighted by Gasteiger charge is -2.32. The lowest BCUT2D eigenvalue weighted by Crippen LogP contribution is -2.45. The van der Waals surface area contributed by atoms with Crippen molar-refractivity contribution < 1.29 is 4.79 Å². The Kier molecular flexibility index (Phi) is 7.94. The highest BCUT2D eigenvalue weighted by Crippen LogP contribution is 2.29. The van der Waals surface area contributed by atoms with Crippen molar-refractivity contribution >= 4 is 41.2 Å². The lowest BCUT2D eigenvalue weighted by molar-refractivity contribution is 0.252. The van der Waals surface area contributed by atoms with Gasteiger partial charge < -0.3 is 25.8 Å². The number of piperazine rings is 1. The second kappa shape index (κ2) is 11.1. The van der Waals surface area contributed by atoms with Crippen LogP contribution in [0.15, 0.2) is 40.4 Å². The molecular formula is C24H34N10OS. The van der Waals surface area contributed by atoms with Crippen molar-refractivity contribution in [3.63, 3.8) is 0 Å². The lowest BCUT2D eigenvalue weighted by atomic mass is 9.92. The molecule has 1 aromatic carbocycles. The summed E-state index contributed by atoms with van der Waals surface area (Å²) in [7, 11) is 2.12. The van der Waals surface area contributed by atoms with Gasteiger partial charge in [-0.15, -0.1) is 0 Å². The first kappa shape index (κ1) is 25.7. The molecule has 1 saturated heterocycles. The fourth-order valence-electron chi connectivity index (χ4n) is 3.53. The van der Waals surface area contributed by atoms with Crippen LogP contribution >= 0.6 is 11.8 Å². The van der Waals surface area contributed by atoms with Crippen LogP contribution in [0.3, 0.4) is 0 Å². The first-order chi connectivity index (χ1) is 17.2. The molecule has 0 bridgehead atoms. The Morgan fingerprint density at radius 3 is 2.44 bits per heavy atom. The zero-order chi connectivity index (χ0) is 25.7. The van der Waals surface area contributed by atoms with Gasteiger partial charge in [-0.1, -0.05) is 20.8 Å². The van der Waals surface area contributed by atoms with Gasteiger partial charge in [0.15, 0.2) is 11.0 Å². The highest BCUT2D eigenvalue weighted by Gasteiger charge is 2.20. The maximum absolute atomic E-state index is 11.8. The van der Waals surface area contributed by atoms with Gasteiger partial charge in [0.2, 0.25) is 11.9 Å². The van der Waals surface area contributed by atoms with E-state index in [0.717, 1.165) is 42.5 Å². The normalized spacial score (nSPS) is 14.5. The van der Waals surface area contributed by atoms with Gasteiger partial charge in [0.25, 0.3) is 0 Å². The third-order valence-electron chi connectivity index (χ3n) is 5.67. The molecule has 0 aliphatic carbocycles. The third kappa shape index (κ3) is 6.85. The molecule has 36 heavy (non-hydrogen) atoms. The van der Waals surface area contributed by atoms with E-state index in [0.29, 0.717) is 29.4 Å². The van der Waals surface area contributed by atoms with Crippen LogP contribution < -0.4 is 20.9 Å². The summed E-state index contributed by atoms with van der Waals surface area (Å²) in [5.41, 5.74) is 1.69. The van der Waals surface area contributed by atoms with Crippen LogP contribution in [-0.2, 0) is 5.41 Å². The van der Waals surface area contributed by atoms with E-state index in [9.17, 15) is 4.79 Å². The number of benzene rings is 1. The second-order valence-corrected chi connectivity index (χ2v) is 10.7. The Bertz CT molecular complexity index is 1170. The van der Waals surface area contributed by atoms with Gasteiger partial charge in [-0.2, -0.15) is 20.1 Å². The van der Waals surface area contributed by atoms with Crippen molar-refractivity contribution in [2.75, 3.05) is 55.3 Å². The maximum Gasteiger partial charge on any atom is 0.319 e. The van der Waals surface area contributed by atoms with Crippen molar-refractivity contribution in [2.24, 2.45) is 0 Å². The molecule has 11 nitrogen and oxygen atoms in total. The number of likely N-dealkylation sites (N-methyl/N-ethyl adjacent to an activating group) is 1. The number of nitrogens with one attached hydrogen (secondary N) is 4. The van der Waals surface area contributed by atoms with Crippen LogP contribution in [0.2, 0.25) is 0 Å². The van der Waals surface area contributed by atoms with Crippen LogP contribution in [0, 0.1) is 0 Å². The van der Waals surface area contributed by atoms with E-state index in [2.05, 4.69) is 68.8 Å². The number of anilines is 4. The number of hydrogen-bond acceptors (Lipinski definition) is 9. The van der Waals surface area contributed by atoms with Gasteiger partial charge in [0.05, 0.1) is 0 Å². The SMILES string of the molecule is CCNC(=O)Nc1ccc(Sc2nc(Nc3cc(C(C)(C)C)[nH]n3)nc(N3CCN(C)CC3)n2)cc1. The standard InChI is InChI=1S/C24H34N10OS/c1-6-25-22(35)26-16-7-9-17(10-8-16)36-23-29-20(27-19-15-18(31-32-19)24(2,3)4)28-21(30-23)34-13-11-33(5)12-14-34/h7-10,15H,6,11-14H2,1-5H3,(H2,25,26,35)(H2,27,28,29,30,31,32). The van der Waals surface area contributed by atoms with E-state index < -0.39 is 0 Å². The first-order valence-electron chi connectivity index (χ1n) is 12.0.